The molecule has 0 unspecified atom stereocenters. The van der Waals surface area contributed by atoms with Crippen LogP contribution in [0, 0.1) is 6.92 Å². The van der Waals surface area contributed by atoms with Gasteiger partial charge in [0, 0.05) is 11.6 Å². The minimum atomic E-state index is -0.453. The summed E-state index contributed by atoms with van der Waals surface area (Å²) in [5.41, 5.74) is 2.69. The van der Waals surface area contributed by atoms with E-state index in [4.69, 9.17) is 4.74 Å². The van der Waals surface area contributed by atoms with Gasteiger partial charge in [-0.05, 0) is 49.8 Å². The summed E-state index contributed by atoms with van der Waals surface area (Å²) in [5.74, 6) is -0.0585. The maximum Gasteiger partial charge on any atom is 0.336 e. The number of hydrogen-bond donors (Lipinski definition) is 0. The Morgan fingerprint density at radius 3 is 2.14 bits per heavy atom. The molecule has 0 heterocycles. The van der Waals surface area contributed by atoms with Crippen LogP contribution in [0.15, 0.2) is 54.6 Å². The van der Waals surface area contributed by atoms with Gasteiger partial charge in [0.15, 0.2) is 5.78 Å². The second-order valence-electron chi connectivity index (χ2n) is 4.75. The highest BCUT2D eigenvalue weighted by atomic mass is 16.5. The Bertz CT molecular complexity index is 665. The van der Waals surface area contributed by atoms with Gasteiger partial charge in [0.05, 0.1) is 0 Å². The van der Waals surface area contributed by atoms with E-state index in [9.17, 15) is 9.59 Å². The molecule has 0 bridgehead atoms. The first-order valence-electron chi connectivity index (χ1n) is 6.62. The van der Waals surface area contributed by atoms with Crippen LogP contribution in [0.2, 0.25) is 0 Å². The topological polar surface area (TPSA) is 43.4 Å². The standard InChI is InChI=1S/C18H16O3/c1-13-3-5-15(6-4-13)7-12-18(20)21-17-10-8-16(9-11-17)14(2)19/h3-12H,1-2H3/b12-7+. The fourth-order valence-electron chi connectivity index (χ4n) is 1.75. The molecule has 0 atom stereocenters. The molecule has 0 saturated carbocycles. The van der Waals surface area contributed by atoms with Crippen LogP contribution in [0.4, 0.5) is 0 Å². The molecule has 2 aromatic rings. The first-order chi connectivity index (χ1) is 10.0. The van der Waals surface area contributed by atoms with Gasteiger partial charge in [-0.2, -0.15) is 0 Å². The lowest BCUT2D eigenvalue weighted by Crippen LogP contribution is -2.03. The van der Waals surface area contributed by atoms with Crippen LogP contribution in [0.1, 0.15) is 28.4 Å². The minimum absolute atomic E-state index is 0.0212. The lowest BCUT2D eigenvalue weighted by atomic mass is 10.1. The van der Waals surface area contributed by atoms with Gasteiger partial charge in [-0.1, -0.05) is 29.8 Å². The maximum atomic E-state index is 11.7. The third-order valence-corrected chi connectivity index (χ3v) is 2.97. The molecule has 0 saturated heterocycles. The highest BCUT2D eigenvalue weighted by molar-refractivity contribution is 5.94. The van der Waals surface area contributed by atoms with E-state index in [1.807, 2.05) is 31.2 Å². The Morgan fingerprint density at radius 1 is 0.952 bits per heavy atom. The largest absolute Gasteiger partial charge is 0.423 e. The van der Waals surface area contributed by atoms with E-state index in [0.717, 1.165) is 5.56 Å². The molecule has 3 heteroatoms. The number of esters is 1. The molecule has 0 aliphatic heterocycles. The zero-order chi connectivity index (χ0) is 15.2. The van der Waals surface area contributed by atoms with Gasteiger partial charge in [0.25, 0.3) is 0 Å². The Labute approximate surface area is 123 Å². The van der Waals surface area contributed by atoms with Crippen molar-refractivity contribution in [2.75, 3.05) is 0 Å². The lowest BCUT2D eigenvalue weighted by Gasteiger charge is -2.02. The highest BCUT2D eigenvalue weighted by Gasteiger charge is 2.02. The second kappa shape index (κ2) is 6.66. The monoisotopic (exact) mass is 280 g/mol. The minimum Gasteiger partial charge on any atom is -0.423 e. The average Bonchev–Trinajstić information content (AvgIpc) is 2.47. The maximum absolute atomic E-state index is 11.7. The van der Waals surface area contributed by atoms with E-state index in [-0.39, 0.29) is 5.78 Å². The molecule has 0 N–H and O–H groups in total. The molecule has 106 valence electrons. The van der Waals surface area contributed by atoms with E-state index in [1.54, 1.807) is 30.3 Å². The van der Waals surface area contributed by atoms with Crippen LogP contribution < -0.4 is 4.74 Å². The SMILES string of the molecule is CC(=O)c1ccc(OC(=O)/C=C/c2ccc(C)cc2)cc1. The van der Waals surface area contributed by atoms with Crippen molar-refractivity contribution >= 4 is 17.8 Å². The number of carbonyl (C=O) groups is 2. The average molecular weight is 280 g/mol. The molecule has 0 aliphatic carbocycles. The van der Waals surface area contributed by atoms with Crippen molar-refractivity contribution in [1.29, 1.82) is 0 Å². The van der Waals surface area contributed by atoms with Gasteiger partial charge in [-0.3, -0.25) is 4.79 Å². The number of benzene rings is 2. The van der Waals surface area contributed by atoms with Gasteiger partial charge >= 0.3 is 5.97 Å². The van der Waals surface area contributed by atoms with Gasteiger partial charge in [0.2, 0.25) is 0 Å². The van der Waals surface area contributed by atoms with Crippen LogP contribution in [0.5, 0.6) is 5.75 Å². The summed E-state index contributed by atoms with van der Waals surface area (Å²) in [6.07, 6.45) is 3.08. The van der Waals surface area contributed by atoms with Crippen molar-refractivity contribution in [3.63, 3.8) is 0 Å². The summed E-state index contributed by atoms with van der Waals surface area (Å²) in [5, 5.41) is 0. The van der Waals surface area contributed by atoms with Crippen LogP contribution in [0.25, 0.3) is 6.08 Å². The molecule has 0 amide bonds. The van der Waals surface area contributed by atoms with E-state index >= 15 is 0 Å². The van der Waals surface area contributed by atoms with Crippen molar-refractivity contribution < 1.29 is 14.3 Å². The predicted octanol–water partition coefficient (Wildman–Crippen LogP) is 3.82. The predicted molar refractivity (Wildman–Crippen MR) is 82.3 cm³/mol. The number of Topliss-reactive ketones (excluding diaryl/α,β-unsaturated/α-hetero) is 1. The Balaban J connectivity index is 1.98. The molecule has 3 nitrogen and oxygen atoms in total. The van der Waals surface area contributed by atoms with Crippen molar-refractivity contribution in [1.82, 2.24) is 0 Å². The molecule has 2 aromatic carbocycles. The zero-order valence-electron chi connectivity index (χ0n) is 12.0. The molecule has 2 rings (SSSR count). The smallest absolute Gasteiger partial charge is 0.336 e. The van der Waals surface area contributed by atoms with Crippen molar-refractivity contribution in [2.24, 2.45) is 0 Å². The van der Waals surface area contributed by atoms with Crippen molar-refractivity contribution in [3.8, 4) is 5.75 Å². The molecule has 0 radical (unpaired) electrons. The van der Waals surface area contributed by atoms with Crippen molar-refractivity contribution in [2.45, 2.75) is 13.8 Å². The number of carbonyl (C=O) groups excluding carboxylic acids is 2. The molecule has 0 spiro atoms. The highest BCUT2D eigenvalue weighted by Crippen LogP contribution is 2.13. The first-order valence-corrected chi connectivity index (χ1v) is 6.62. The first kappa shape index (κ1) is 14.7. The molecular weight excluding hydrogens is 264 g/mol. The number of rotatable bonds is 4. The second-order valence-corrected chi connectivity index (χ2v) is 4.75. The Morgan fingerprint density at radius 2 is 1.57 bits per heavy atom. The van der Waals surface area contributed by atoms with E-state index < -0.39 is 5.97 Å². The summed E-state index contributed by atoms with van der Waals surface area (Å²) < 4.78 is 5.16. The van der Waals surface area contributed by atoms with Gasteiger partial charge in [-0.15, -0.1) is 0 Å². The molecule has 0 fully saturated rings. The van der Waals surface area contributed by atoms with Gasteiger partial charge in [0.1, 0.15) is 5.75 Å². The van der Waals surface area contributed by atoms with Crippen LogP contribution in [0.3, 0.4) is 0 Å². The van der Waals surface area contributed by atoms with Gasteiger partial charge in [-0.25, -0.2) is 4.79 Å². The zero-order valence-corrected chi connectivity index (χ0v) is 12.0. The van der Waals surface area contributed by atoms with E-state index in [0.29, 0.717) is 11.3 Å². The summed E-state index contributed by atoms with van der Waals surface area (Å²) >= 11 is 0. The summed E-state index contributed by atoms with van der Waals surface area (Å²) in [4.78, 5) is 22.8. The fourth-order valence-corrected chi connectivity index (χ4v) is 1.75. The summed E-state index contributed by atoms with van der Waals surface area (Å²) in [6.45, 7) is 3.50. The van der Waals surface area contributed by atoms with Crippen LogP contribution >= 0.6 is 0 Å². The normalized spacial score (nSPS) is 10.6. The van der Waals surface area contributed by atoms with Crippen LogP contribution in [-0.2, 0) is 4.79 Å². The van der Waals surface area contributed by atoms with Crippen molar-refractivity contribution in [3.05, 3.63) is 71.3 Å². The van der Waals surface area contributed by atoms with Crippen LogP contribution in [-0.4, -0.2) is 11.8 Å². The number of aryl methyl sites for hydroxylation is 1. The third kappa shape index (κ3) is 4.42. The molecule has 21 heavy (non-hydrogen) atoms. The lowest BCUT2D eigenvalue weighted by molar-refractivity contribution is -0.128. The molecular formula is C18H16O3. The fraction of sp³-hybridized carbons (Fsp3) is 0.111. The number of ketones is 1. The van der Waals surface area contributed by atoms with Gasteiger partial charge < -0.3 is 4.74 Å². The quantitative estimate of drug-likeness (QED) is 0.370. The number of hydrogen-bond acceptors (Lipinski definition) is 3. The summed E-state index contributed by atoms with van der Waals surface area (Å²) in [7, 11) is 0. The summed E-state index contributed by atoms with van der Waals surface area (Å²) in [6, 6.07) is 14.3. The third-order valence-electron chi connectivity index (χ3n) is 2.97. The Kier molecular flexibility index (Phi) is 4.67. The number of ether oxygens (including phenoxy) is 1. The van der Waals surface area contributed by atoms with E-state index in [1.165, 1.54) is 18.6 Å². The Hall–Kier alpha value is -2.68. The van der Waals surface area contributed by atoms with E-state index in [2.05, 4.69) is 0 Å². The molecule has 0 aromatic heterocycles. The molecule has 0 aliphatic rings.